The summed E-state index contributed by atoms with van der Waals surface area (Å²) in [6.45, 7) is 0.520. The van der Waals surface area contributed by atoms with Crippen molar-refractivity contribution >= 4 is 0 Å². The molecule has 0 bridgehead atoms. The maximum absolute atomic E-state index is 5.58. The van der Waals surface area contributed by atoms with Gasteiger partial charge in [-0.2, -0.15) is 0 Å². The fourth-order valence-electron chi connectivity index (χ4n) is 1.55. The zero-order valence-corrected chi connectivity index (χ0v) is 8.48. The van der Waals surface area contributed by atoms with Gasteiger partial charge in [-0.3, -0.25) is 4.98 Å². The molecule has 0 radical (unpaired) electrons. The van der Waals surface area contributed by atoms with Crippen molar-refractivity contribution in [2.45, 2.75) is 19.4 Å². The molecule has 0 amide bonds. The van der Waals surface area contributed by atoms with E-state index in [0.717, 1.165) is 24.2 Å². The molecule has 0 atom stereocenters. The summed E-state index contributed by atoms with van der Waals surface area (Å²) in [6, 6.07) is 4.05. The minimum atomic E-state index is 0.520. The Hall–Kier alpha value is -1.68. The second-order valence-electron chi connectivity index (χ2n) is 3.39. The topological polar surface area (TPSA) is 67.6 Å². The van der Waals surface area contributed by atoms with Crippen LogP contribution in [0.3, 0.4) is 0 Å². The Balaban J connectivity index is 1.99. The summed E-state index contributed by atoms with van der Waals surface area (Å²) in [6.07, 6.45) is 7.21. The van der Waals surface area contributed by atoms with Gasteiger partial charge in [0, 0.05) is 18.9 Å². The predicted octanol–water partition coefficient (Wildman–Crippen LogP) is 1.05. The SMILES string of the molecule is NCc1[nH]cnc1CCc1ccncc1. The largest absolute Gasteiger partial charge is 0.347 e. The molecule has 3 N–H and O–H groups in total. The zero-order chi connectivity index (χ0) is 10.5. The van der Waals surface area contributed by atoms with Crippen molar-refractivity contribution < 1.29 is 0 Å². The summed E-state index contributed by atoms with van der Waals surface area (Å²) < 4.78 is 0. The Morgan fingerprint density at radius 2 is 2.00 bits per heavy atom. The van der Waals surface area contributed by atoms with Gasteiger partial charge in [-0.25, -0.2) is 4.98 Å². The maximum atomic E-state index is 5.58. The van der Waals surface area contributed by atoms with Crippen molar-refractivity contribution in [2.75, 3.05) is 0 Å². The van der Waals surface area contributed by atoms with Gasteiger partial charge in [0.1, 0.15) is 0 Å². The summed E-state index contributed by atoms with van der Waals surface area (Å²) in [7, 11) is 0. The van der Waals surface area contributed by atoms with Crippen LogP contribution in [0.15, 0.2) is 30.9 Å². The summed E-state index contributed by atoms with van der Waals surface area (Å²) >= 11 is 0. The molecular formula is C11H14N4. The molecule has 78 valence electrons. The first-order valence-corrected chi connectivity index (χ1v) is 5.00. The average Bonchev–Trinajstić information content (AvgIpc) is 2.75. The first kappa shape index (κ1) is 9.86. The van der Waals surface area contributed by atoms with E-state index in [1.807, 2.05) is 24.5 Å². The van der Waals surface area contributed by atoms with Crippen LogP contribution in [0.25, 0.3) is 0 Å². The summed E-state index contributed by atoms with van der Waals surface area (Å²) in [5.41, 5.74) is 8.95. The molecule has 0 unspecified atom stereocenters. The number of hydrogen-bond donors (Lipinski definition) is 2. The minimum absolute atomic E-state index is 0.520. The second kappa shape index (κ2) is 4.70. The number of aromatic nitrogens is 3. The van der Waals surface area contributed by atoms with E-state index in [4.69, 9.17) is 5.73 Å². The average molecular weight is 202 g/mol. The van der Waals surface area contributed by atoms with Crippen LogP contribution in [0.5, 0.6) is 0 Å². The molecule has 0 saturated carbocycles. The van der Waals surface area contributed by atoms with Gasteiger partial charge in [-0.1, -0.05) is 0 Å². The number of rotatable bonds is 4. The first-order valence-electron chi connectivity index (χ1n) is 5.00. The first-order chi connectivity index (χ1) is 7.40. The Bertz CT molecular complexity index is 408. The molecule has 0 spiro atoms. The van der Waals surface area contributed by atoms with Crippen LogP contribution >= 0.6 is 0 Å². The van der Waals surface area contributed by atoms with Gasteiger partial charge in [-0.05, 0) is 30.5 Å². The molecule has 0 aliphatic rings. The van der Waals surface area contributed by atoms with Gasteiger partial charge in [0.05, 0.1) is 17.7 Å². The highest BCUT2D eigenvalue weighted by Crippen LogP contribution is 2.07. The molecule has 0 saturated heterocycles. The van der Waals surface area contributed by atoms with E-state index in [2.05, 4.69) is 15.0 Å². The molecule has 0 aliphatic carbocycles. The second-order valence-corrected chi connectivity index (χ2v) is 3.39. The molecule has 2 aromatic heterocycles. The number of nitrogens with two attached hydrogens (primary N) is 1. The normalized spacial score (nSPS) is 10.5. The lowest BCUT2D eigenvalue weighted by Crippen LogP contribution is -2.02. The Morgan fingerprint density at radius 1 is 1.20 bits per heavy atom. The van der Waals surface area contributed by atoms with E-state index in [0.29, 0.717) is 6.54 Å². The molecule has 4 nitrogen and oxygen atoms in total. The smallest absolute Gasteiger partial charge is 0.0925 e. The van der Waals surface area contributed by atoms with Crippen molar-refractivity contribution in [3.63, 3.8) is 0 Å². The van der Waals surface area contributed by atoms with Crippen LogP contribution in [0.2, 0.25) is 0 Å². The van der Waals surface area contributed by atoms with Crippen molar-refractivity contribution in [3.8, 4) is 0 Å². The number of nitrogens with one attached hydrogen (secondary N) is 1. The van der Waals surface area contributed by atoms with Crippen LogP contribution in [-0.4, -0.2) is 15.0 Å². The number of hydrogen-bond acceptors (Lipinski definition) is 3. The van der Waals surface area contributed by atoms with Crippen molar-refractivity contribution in [3.05, 3.63) is 47.8 Å². The standard InChI is InChI=1S/C11H14N4/c12-7-11-10(14-8-15-11)2-1-9-3-5-13-6-4-9/h3-6,8H,1-2,7,12H2,(H,14,15). The van der Waals surface area contributed by atoms with Crippen LogP contribution in [0, 0.1) is 0 Å². The zero-order valence-electron chi connectivity index (χ0n) is 8.48. The number of aromatic amines is 1. The molecule has 15 heavy (non-hydrogen) atoms. The van der Waals surface area contributed by atoms with Crippen LogP contribution in [0.4, 0.5) is 0 Å². The Morgan fingerprint density at radius 3 is 2.73 bits per heavy atom. The van der Waals surface area contributed by atoms with Crippen molar-refractivity contribution in [1.82, 2.24) is 15.0 Å². The number of nitrogens with zero attached hydrogens (tertiary/aromatic N) is 2. The molecule has 2 aromatic rings. The van der Waals surface area contributed by atoms with Crippen LogP contribution in [0.1, 0.15) is 17.0 Å². The predicted molar refractivity (Wildman–Crippen MR) is 58.1 cm³/mol. The lowest BCUT2D eigenvalue weighted by Gasteiger charge is -2.00. The van der Waals surface area contributed by atoms with Gasteiger partial charge in [0.25, 0.3) is 0 Å². The van der Waals surface area contributed by atoms with E-state index < -0.39 is 0 Å². The molecule has 2 rings (SSSR count). The molecule has 0 fully saturated rings. The summed E-state index contributed by atoms with van der Waals surface area (Å²) in [4.78, 5) is 11.3. The monoisotopic (exact) mass is 202 g/mol. The van der Waals surface area contributed by atoms with Gasteiger partial charge in [-0.15, -0.1) is 0 Å². The maximum Gasteiger partial charge on any atom is 0.0925 e. The van der Waals surface area contributed by atoms with Gasteiger partial charge in [0.15, 0.2) is 0 Å². The van der Waals surface area contributed by atoms with E-state index >= 15 is 0 Å². The fourth-order valence-corrected chi connectivity index (χ4v) is 1.55. The van der Waals surface area contributed by atoms with E-state index in [1.54, 1.807) is 6.33 Å². The third-order valence-corrected chi connectivity index (χ3v) is 2.41. The molecule has 4 heteroatoms. The number of H-pyrrole nitrogens is 1. The minimum Gasteiger partial charge on any atom is -0.347 e. The van der Waals surface area contributed by atoms with Gasteiger partial charge < -0.3 is 10.7 Å². The third kappa shape index (κ3) is 2.41. The van der Waals surface area contributed by atoms with Crippen LogP contribution < -0.4 is 5.73 Å². The molecular weight excluding hydrogens is 188 g/mol. The van der Waals surface area contributed by atoms with E-state index in [1.165, 1.54) is 5.56 Å². The Kier molecular flexibility index (Phi) is 3.09. The highest BCUT2D eigenvalue weighted by molar-refractivity contribution is 5.15. The lowest BCUT2D eigenvalue weighted by atomic mass is 10.1. The lowest BCUT2D eigenvalue weighted by molar-refractivity contribution is 0.883. The highest BCUT2D eigenvalue weighted by Gasteiger charge is 2.03. The van der Waals surface area contributed by atoms with Crippen molar-refractivity contribution in [2.24, 2.45) is 5.73 Å². The fraction of sp³-hybridized carbons (Fsp3) is 0.273. The molecule has 2 heterocycles. The summed E-state index contributed by atoms with van der Waals surface area (Å²) in [5.74, 6) is 0. The van der Waals surface area contributed by atoms with Crippen LogP contribution in [-0.2, 0) is 19.4 Å². The Labute approximate surface area is 88.6 Å². The summed E-state index contributed by atoms with van der Waals surface area (Å²) in [5, 5.41) is 0. The quantitative estimate of drug-likeness (QED) is 0.778. The van der Waals surface area contributed by atoms with E-state index in [9.17, 15) is 0 Å². The van der Waals surface area contributed by atoms with Crippen molar-refractivity contribution in [1.29, 1.82) is 0 Å². The number of imidazole rings is 1. The number of aryl methyl sites for hydroxylation is 2. The third-order valence-electron chi connectivity index (χ3n) is 2.41. The van der Waals surface area contributed by atoms with E-state index in [-0.39, 0.29) is 0 Å². The molecule has 0 aromatic carbocycles. The number of pyridine rings is 1. The van der Waals surface area contributed by atoms with Gasteiger partial charge in [0.2, 0.25) is 0 Å². The highest BCUT2D eigenvalue weighted by atomic mass is 14.9. The van der Waals surface area contributed by atoms with Gasteiger partial charge >= 0.3 is 0 Å². The molecule has 0 aliphatic heterocycles.